The van der Waals surface area contributed by atoms with Crippen molar-refractivity contribution >= 4 is 7.14 Å². The number of rotatable bonds is 0. The van der Waals surface area contributed by atoms with Crippen LogP contribution in [0.1, 0.15) is 25.7 Å². The van der Waals surface area contributed by atoms with Gasteiger partial charge < -0.3 is 9.67 Å². The second-order valence-corrected chi connectivity index (χ2v) is 7.17. The van der Waals surface area contributed by atoms with Gasteiger partial charge in [-0.15, -0.1) is 0 Å². The van der Waals surface area contributed by atoms with Crippen LogP contribution in [0, 0.1) is 0 Å². The normalized spacial score (nSPS) is 52.3. The second kappa shape index (κ2) is 2.46. The largest absolute Gasteiger partial charge is 0.385 e. The highest BCUT2D eigenvalue weighted by Gasteiger charge is 2.48. The Labute approximate surface area is 73.0 Å². The van der Waals surface area contributed by atoms with Gasteiger partial charge >= 0.3 is 0 Å². The van der Waals surface area contributed by atoms with Crippen LogP contribution in [0.3, 0.4) is 0 Å². The Morgan fingerprint density at radius 2 is 2.33 bits per heavy atom. The Morgan fingerprint density at radius 1 is 1.58 bits per heavy atom. The predicted octanol–water partition coefficient (Wildman–Crippen LogP) is 2.18. The van der Waals surface area contributed by atoms with Gasteiger partial charge in [0.05, 0.1) is 5.60 Å². The van der Waals surface area contributed by atoms with Crippen molar-refractivity contribution in [2.24, 2.45) is 0 Å². The summed E-state index contributed by atoms with van der Waals surface area (Å²) in [4.78, 5) is 0. The molecule has 1 aliphatic heterocycles. The fourth-order valence-corrected chi connectivity index (χ4v) is 5.00. The van der Waals surface area contributed by atoms with E-state index in [0.29, 0.717) is 0 Å². The monoisotopic (exact) mass is 186 g/mol. The van der Waals surface area contributed by atoms with Crippen molar-refractivity contribution in [3.63, 3.8) is 0 Å². The Hall–Kier alpha value is -0.0700. The summed E-state index contributed by atoms with van der Waals surface area (Å²) in [5.41, 5.74) is -0.693. The highest BCUT2D eigenvalue weighted by Crippen LogP contribution is 2.61. The summed E-state index contributed by atoms with van der Waals surface area (Å²) < 4.78 is 11.9. The molecule has 1 fully saturated rings. The van der Waals surface area contributed by atoms with Gasteiger partial charge in [-0.3, -0.25) is 0 Å². The molecular weight excluding hydrogens is 171 g/mol. The Kier molecular flexibility index (Phi) is 1.75. The van der Waals surface area contributed by atoms with E-state index in [1.54, 1.807) is 18.6 Å². The highest BCUT2D eigenvalue weighted by molar-refractivity contribution is 7.67. The number of aliphatic hydroxyl groups is 1. The topological polar surface area (TPSA) is 37.3 Å². The third-order valence-corrected chi connectivity index (χ3v) is 5.84. The molecule has 0 aromatic heterocycles. The van der Waals surface area contributed by atoms with Crippen molar-refractivity contribution in [3.05, 3.63) is 11.9 Å². The van der Waals surface area contributed by atoms with Crippen LogP contribution in [0.15, 0.2) is 11.9 Å². The zero-order valence-corrected chi connectivity index (χ0v) is 8.26. The molecule has 0 saturated heterocycles. The maximum absolute atomic E-state index is 11.9. The van der Waals surface area contributed by atoms with Crippen LogP contribution >= 0.6 is 7.14 Å². The van der Waals surface area contributed by atoms with Crippen molar-refractivity contribution in [1.82, 2.24) is 0 Å². The number of hydrogen-bond acceptors (Lipinski definition) is 2. The molecule has 0 radical (unpaired) electrons. The molecule has 3 atom stereocenters. The molecule has 2 rings (SSSR count). The minimum absolute atomic E-state index is 0.0266. The first kappa shape index (κ1) is 8.52. The second-order valence-electron chi connectivity index (χ2n) is 4.13. The molecule has 68 valence electrons. The first-order chi connectivity index (χ1) is 5.55. The van der Waals surface area contributed by atoms with E-state index in [-0.39, 0.29) is 5.66 Å². The molecule has 1 aliphatic carbocycles. The summed E-state index contributed by atoms with van der Waals surface area (Å²) >= 11 is 0. The Balaban J connectivity index is 2.34. The first-order valence-electron chi connectivity index (χ1n) is 4.54. The Bertz CT molecular complexity index is 272. The molecule has 2 nitrogen and oxygen atoms in total. The van der Waals surface area contributed by atoms with Gasteiger partial charge in [-0.1, -0.05) is 12.8 Å². The van der Waals surface area contributed by atoms with Crippen molar-refractivity contribution in [2.45, 2.75) is 36.9 Å². The molecule has 0 spiro atoms. The SMILES string of the molecule is CP1(=O)C=CC2(O)CCCCC21. The van der Waals surface area contributed by atoms with Crippen LogP contribution in [-0.2, 0) is 4.57 Å². The number of hydrogen-bond donors (Lipinski definition) is 1. The molecule has 0 aromatic carbocycles. The van der Waals surface area contributed by atoms with Crippen molar-refractivity contribution in [3.8, 4) is 0 Å². The van der Waals surface area contributed by atoms with E-state index in [9.17, 15) is 9.67 Å². The predicted molar refractivity (Wildman–Crippen MR) is 49.9 cm³/mol. The van der Waals surface area contributed by atoms with Crippen LogP contribution < -0.4 is 0 Å². The van der Waals surface area contributed by atoms with Crippen LogP contribution in [0.4, 0.5) is 0 Å². The van der Waals surface area contributed by atoms with Crippen LogP contribution in [0.25, 0.3) is 0 Å². The van der Waals surface area contributed by atoms with E-state index in [1.807, 2.05) is 0 Å². The zero-order chi connectivity index (χ0) is 8.82. The summed E-state index contributed by atoms with van der Waals surface area (Å²) in [6.07, 6.45) is 5.69. The van der Waals surface area contributed by atoms with Crippen molar-refractivity contribution in [1.29, 1.82) is 0 Å². The molecule has 0 amide bonds. The standard InChI is InChI=1S/C9H15O2P/c1-12(11)7-6-9(10)5-3-2-4-8(9)12/h6-8,10H,2-5H2,1H3. The fourth-order valence-electron chi connectivity index (χ4n) is 2.44. The fraction of sp³-hybridized carbons (Fsp3) is 0.778. The quantitative estimate of drug-likeness (QED) is 0.589. The zero-order valence-electron chi connectivity index (χ0n) is 7.36. The smallest absolute Gasteiger partial charge is 0.111 e. The summed E-state index contributed by atoms with van der Waals surface area (Å²) in [7, 11) is -2.17. The lowest BCUT2D eigenvalue weighted by Gasteiger charge is -2.35. The molecular formula is C9H15O2P. The van der Waals surface area contributed by atoms with Gasteiger partial charge in [0.2, 0.25) is 0 Å². The third-order valence-electron chi connectivity index (χ3n) is 3.16. The van der Waals surface area contributed by atoms with Crippen molar-refractivity contribution < 1.29 is 9.67 Å². The lowest BCUT2D eigenvalue weighted by molar-refractivity contribution is 0.0582. The lowest BCUT2D eigenvalue weighted by atomic mass is 9.85. The summed E-state index contributed by atoms with van der Waals surface area (Å²) in [6, 6.07) is 0. The average molecular weight is 186 g/mol. The van der Waals surface area contributed by atoms with Crippen LogP contribution in [0.5, 0.6) is 0 Å². The molecule has 1 heterocycles. The molecule has 12 heavy (non-hydrogen) atoms. The highest BCUT2D eigenvalue weighted by atomic mass is 31.2. The summed E-state index contributed by atoms with van der Waals surface area (Å²) in [5, 5.41) is 10.1. The molecule has 3 heteroatoms. The van der Waals surface area contributed by atoms with E-state index in [4.69, 9.17) is 0 Å². The minimum atomic E-state index is -2.17. The Morgan fingerprint density at radius 3 is 3.00 bits per heavy atom. The third kappa shape index (κ3) is 1.09. The van der Waals surface area contributed by atoms with E-state index in [2.05, 4.69) is 0 Å². The van der Waals surface area contributed by atoms with Gasteiger partial charge in [-0.05, 0) is 31.4 Å². The lowest BCUT2D eigenvalue weighted by Crippen LogP contribution is -2.39. The van der Waals surface area contributed by atoms with E-state index < -0.39 is 12.7 Å². The maximum atomic E-state index is 11.9. The molecule has 1 saturated carbocycles. The summed E-state index contributed by atoms with van der Waals surface area (Å²) in [6.45, 7) is 1.79. The molecule has 0 aromatic rings. The molecule has 3 unspecified atom stereocenters. The van der Waals surface area contributed by atoms with Gasteiger partial charge in [0.1, 0.15) is 7.14 Å². The molecule has 1 N–H and O–H groups in total. The van der Waals surface area contributed by atoms with Crippen LogP contribution in [0.2, 0.25) is 0 Å². The average Bonchev–Trinajstić information content (AvgIpc) is 2.24. The van der Waals surface area contributed by atoms with Crippen molar-refractivity contribution in [2.75, 3.05) is 6.66 Å². The molecule has 0 bridgehead atoms. The van der Waals surface area contributed by atoms with Gasteiger partial charge in [0.25, 0.3) is 0 Å². The summed E-state index contributed by atoms with van der Waals surface area (Å²) in [5.74, 6) is 1.75. The maximum Gasteiger partial charge on any atom is 0.111 e. The van der Waals surface area contributed by atoms with E-state index in [0.717, 1.165) is 25.7 Å². The van der Waals surface area contributed by atoms with Gasteiger partial charge in [0, 0.05) is 5.66 Å². The van der Waals surface area contributed by atoms with E-state index >= 15 is 0 Å². The minimum Gasteiger partial charge on any atom is -0.385 e. The first-order valence-corrected chi connectivity index (χ1v) is 6.83. The number of fused-ring (bicyclic) bond motifs is 1. The molecule has 2 aliphatic rings. The van der Waals surface area contributed by atoms with Gasteiger partial charge in [-0.2, -0.15) is 0 Å². The van der Waals surface area contributed by atoms with Gasteiger partial charge in [0.15, 0.2) is 0 Å². The van der Waals surface area contributed by atoms with Crippen LogP contribution in [-0.4, -0.2) is 23.0 Å². The van der Waals surface area contributed by atoms with Gasteiger partial charge in [-0.25, -0.2) is 0 Å². The van der Waals surface area contributed by atoms with E-state index in [1.165, 1.54) is 0 Å².